The van der Waals surface area contributed by atoms with E-state index in [1.807, 2.05) is 61.5 Å². The van der Waals surface area contributed by atoms with Crippen molar-refractivity contribution in [2.24, 2.45) is 0 Å². The minimum absolute atomic E-state index is 0.0431. The van der Waals surface area contributed by atoms with E-state index in [0.29, 0.717) is 37.7 Å². The topological polar surface area (TPSA) is 62.3 Å². The number of benzene rings is 2. The molecule has 7 nitrogen and oxygen atoms in total. The Kier molecular flexibility index (Phi) is 5.90. The molecular weight excluding hydrogens is 382 g/mol. The number of amides is 2. The average Bonchev–Trinajstić information content (AvgIpc) is 2.82. The Morgan fingerprint density at radius 3 is 2.30 bits per heavy atom. The van der Waals surface area contributed by atoms with Crippen LogP contribution in [0.25, 0.3) is 0 Å². The van der Waals surface area contributed by atoms with E-state index in [4.69, 9.17) is 9.47 Å². The molecule has 2 aromatic carbocycles. The lowest BCUT2D eigenvalue weighted by Crippen LogP contribution is -2.57. The van der Waals surface area contributed by atoms with Gasteiger partial charge in [-0.2, -0.15) is 0 Å². The van der Waals surface area contributed by atoms with E-state index in [-0.39, 0.29) is 24.5 Å². The first kappa shape index (κ1) is 20.2. The number of para-hydroxylation sites is 3. The summed E-state index contributed by atoms with van der Waals surface area (Å²) in [4.78, 5) is 31.4. The summed E-state index contributed by atoms with van der Waals surface area (Å²) in [7, 11) is 1.80. The molecule has 2 aliphatic heterocycles. The van der Waals surface area contributed by atoms with Crippen molar-refractivity contribution in [3.05, 3.63) is 54.6 Å². The van der Waals surface area contributed by atoms with Gasteiger partial charge in [0.15, 0.2) is 11.5 Å². The van der Waals surface area contributed by atoms with Gasteiger partial charge in [-0.25, -0.2) is 0 Å². The van der Waals surface area contributed by atoms with Crippen LogP contribution in [0, 0.1) is 0 Å². The standard InChI is InChI=1S/C23H27N3O4/c1-17(22(27)24(2)18-8-4-3-5-9-18)25-12-14-26(15-13-25)23(28)21-16-29-19-10-6-7-11-20(19)30-21/h3-11,17,21H,12-16H2,1-2H3/t17-,21+/m1/s1. The molecule has 0 spiro atoms. The van der Waals surface area contributed by atoms with Gasteiger partial charge in [-0.15, -0.1) is 0 Å². The molecule has 1 fully saturated rings. The van der Waals surface area contributed by atoms with Gasteiger partial charge in [0, 0.05) is 38.9 Å². The minimum atomic E-state index is -0.630. The maximum atomic E-state index is 12.9. The number of rotatable bonds is 4. The third-order valence-electron chi connectivity index (χ3n) is 5.79. The molecule has 30 heavy (non-hydrogen) atoms. The second kappa shape index (κ2) is 8.75. The van der Waals surface area contributed by atoms with Crippen LogP contribution < -0.4 is 14.4 Å². The van der Waals surface area contributed by atoms with Crippen LogP contribution in [0.3, 0.4) is 0 Å². The number of anilines is 1. The fourth-order valence-corrected chi connectivity index (χ4v) is 3.89. The van der Waals surface area contributed by atoms with Crippen molar-refractivity contribution >= 4 is 17.5 Å². The van der Waals surface area contributed by atoms with Crippen LogP contribution in [0.15, 0.2) is 54.6 Å². The van der Waals surface area contributed by atoms with E-state index in [9.17, 15) is 9.59 Å². The zero-order valence-corrected chi connectivity index (χ0v) is 17.4. The van der Waals surface area contributed by atoms with Gasteiger partial charge in [0.25, 0.3) is 5.91 Å². The van der Waals surface area contributed by atoms with Gasteiger partial charge < -0.3 is 19.3 Å². The van der Waals surface area contributed by atoms with Crippen molar-refractivity contribution in [1.82, 2.24) is 9.80 Å². The van der Waals surface area contributed by atoms with Crippen LogP contribution in [0.5, 0.6) is 11.5 Å². The van der Waals surface area contributed by atoms with Crippen LogP contribution in [0.2, 0.25) is 0 Å². The van der Waals surface area contributed by atoms with Crippen LogP contribution in [0.1, 0.15) is 6.92 Å². The molecule has 0 radical (unpaired) electrons. The van der Waals surface area contributed by atoms with Crippen LogP contribution in [-0.2, 0) is 9.59 Å². The molecule has 0 bridgehead atoms. The van der Waals surface area contributed by atoms with Crippen molar-refractivity contribution in [2.45, 2.75) is 19.1 Å². The number of ether oxygens (including phenoxy) is 2. The van der Waals surface area contributed by atoms with Crippen LogP contribution in [0.4, 0.5) is 5.69 Å². The van der Waals surface area contributed by atoms with Crippen molar-refractivity contribution in [3.8, 4) is 11.5 Å². The maximum Gasteiger partial charge on any atom is 0.267 e. The third kappa shape index (κ3) is 4.11. The first-order chi connectivity index (χ1) is 14.5. The largest absolute Gasteiger partial charge is 0.485 e. The molecule has 1 saturated heterocycles. The number of hydrogen-bond donors (Lipinski definition) is 0. The highest BCUT2D eigenvalue weighted by Crippen LogP contribution is 2.31. The summed E-state index contributed by atoms with van der Waals surface area (Å²) in [6.07, 6.45) is -0.630. The molecule has 0 unspecified atom stereocenters. The van der Waals surface area contributed by atoms with Gasteiger partial charge in [-0.1, -0.05) is 30.3 Å². The quantitative estimate of drug-likeness (QED) is 0.773. The molecule has 0 N–H and O–H groups in total. The second-order valence-electron chi connectivity index (χ2n) is 7.63. The summed E-state index contributed by atoms with van der Waals surface area (Å²) in [5, 5.41) is 0. The normalized spacial score (nSPS) is 19.8. The van der Waals surface area contributed by atoms with Gasteiger partial charge in [-0.3, -0.25) is 14.5 Å². The van der Waals surface area contributed by atoms with E-state index in [2.05, 4.69) is 4.90 Å². The molecule has 2 amide bonds. The Balaban J connectivity index is 1.31. The van der Waals surface area contributed by atoms with E-state index in [1.54, 1.807) is 16.8 Å². The van der Waals surface area contributed by atoms with Crippen LogP contribution >= 0.6 is 0 Å². The molecule has 0 aromatic heterocycles. The summed E-state index contributed by atoms with van der Waals surface area (Å²) in [5.41, 5.74) is 0.873. The Morgan fingerprint density at radius 1 is 0.967 bits per heavy atom. The zero-order chi connectivity index (χ0) is 21.1. The Hall–Kier alpha value is -3.06. The van der Waals surface area contributed by atoms with Crippen molar-refractivity contribution in [2.75, 3.05) is 44.7 Å². The molecule has 4 rings (SSSR count). The zero-order valence-electron chi connectivity index (χ0n) is 17.4. The van der Waals surface area contributed by atoms with E-state index < -0.39 is 6.10 Å². The highest BCUT2D eigenvalue weighted by molar-refractivity contribution is 5.96. The van der Waals surface area contributed by atoms with Gasteiger partial charge >= 0.3 is 0 Å². The third-order valence-corrected chi connectivity index (χ3v) is 5.79. The molecule has 2 heterocycles. The minimum Gasteiger partial charge on any atom is -0.485 e. The summed E-state index contributed by atoms with van der Waals surface area (Å²) >= 11 is 0. The summed E-state index contributed by atoms with van der Waals surface area (Å²) in [5.74, 6) is 1.25. The highest BCUT2D eigenvalue weighted by Gasteiger charge is 2.34. The first-order valence-corrected chi connectivity index (χ1v) is 10.3. The van der Waals surface area contributed by atoms with E-state index in [1.165, 1.54) is 0 Å². The average molecular weight is 409 g/mol. The van der Waals surface area contributed by atoms with E-state index in [0.717, 1.165) is 5.69 Å². The molecule has 2 aromatic rings. The molecule has 7 heteroatoms. The first-order valence-electron chi connectivity index (χ1n) is 10.3. The molecule has 2 atom stereocenters. The lowest BCUT2D eigenvalue weighted by atomic mass is 10.1. The SMILES string of the molecule is C[C@H](C(=O)N(C)c1ccccc1)N1CCN(C(=O)[C@@H]2COc3ccccc3O2)CC1. The Bertz CT molecular complexity index is 896. The van der Waals surface area contributed by atoms with Gasteiger partial charge in [-0.05, 0) is 31.2 Å². The number of likely N-dealkylation sites (N-methyl/N-ethyl adjacent to an activating group) is 1. The van der Waals surface area contributed by atoms with Gasteiger partial charge in [0.05, 0.1) is 6.04 Å². The van der Waals surface area contributed by atoms with Crippen molar-refractivity contribution in [1.29, 1.82) is 0 Å². The second-order valence-corrected chi connectivity index (χ2v) is 7.63. The summed E-state index contributed by atoms with van der Waals surface area (Å²) in [6.45, 7) is 4.55. The fraction of sp³-hybridized carbons (Fsp3) is 0.391. The fourth-order valence-electron chi connectivity index (χ4n) is 3.89. The Morgan fingerprint density at radius 2 is 1.60 bits per heavy atom. The smallest absolute Gasteiger partial charge is 0.267 e. The molecular formula is C23H27N3O4. The molecule has 0 aliphatic carbocycles. The number of carbonyl (C=O) groups is 2. The van der Waals surface area contributed by atoms with Gasteiger partial charge in [0.2, 0.25) is 12.0 Å². The summed E-state index contributed by atoms with van der Waals surface area (Å²) in [6, 6.07) is 16.7. The number of piperazine rings is 1. The highest BCUT2D eigenvalue weighted by atomic mass is 16.6. The number of fused-ring (bicyclic) bond motifs is 1. The molecule has 0 saturated carbocycles. The van der Waals surface area contributed by atoms with Crippen LogP contribution in [-0.4, -0.2) is 73.6 Å². The molecule has 2 aliphatic rings. The molecule has 158 valence electrons. The van der Waals surface area contributed by atoms with Crippen molar-refractivity contribution in [3.63, 3.8) is 0 Å². The van der Waals surface area contributed by atoms with Gasteiger partial charge in [0.1, 0.15) is 6.61 Å². The van der Waals surface area contributed by atoms with Crippen molar-refractivity contribution < 1.29 is 19.1 Å². The number of hydrogen-bond acceptors (Lipinski definition) is 5. The van der Waals surface area contributed by atoms with E-state index >= 15 is 0 Å². The Labute approximate surface area is 176 Å². The predicted octanol–water partition coefficient (Wildman–Crippen LogP) is 2.02. The number of nitrogens with zero attached hydrogens (tertiary/aromatic N) is 3. The monoisotopic (exact) mass is 409 g/mol. The lowest BCUT2D eigenvalue weighted by Gasteiger charge is -2.39. The number of carbonyl (C=O) groups excluding carboxylic acids is 2. The lowest BCUT2D eigenvalue weighted by molar-refractivity contribution is -0.143. The predicted molar refractivity (Wildman–Crippen MR) is 114 cm³/mol. The summed E-state index contributed by atoms with van der Waals surface area (Å²) < 4.78 is 11.5. The maximum absolute atomic E-state index is 12.9.